The molecule has 0 unspecified atom stereocenters. The van der Waals surface area contributed by atoms with Crippen molar-refractivity contribution < 1.29 is 9.90 Å². The quantitative estimate of drug-likeness (QED) is 0.417. The van der Waals surface area contributed by atoms with Gasteiger partial charge in [0.2, 0.25) is 5.96 Å². The fourth-order valence-corrected chi connectivity index (χ4v) is 0.948. The molecule has 1 aromatic carbocycles. The summed E-state index contributed by atoms with van der Waals surface area (Å²) in [5.74, 6) is -0.904. The summed E-state index contributed by atoms with van der Waals surface area (Å²) in [6, 6.07) is 7.20. The molecule has 0 aliphatic carbocycles. The van der Waals surface area contributed by atoms with Gasteiger partial charge < -0.3 is 16.6 Å². The Balaban J connectivity index is 0.000000557. The molecule has 1 rings (SSSR count). The highest BCUT2D eigenvalue weighted by molar-refractivity contribution is 6.30. The number of carbonyl (C=O) groups is 1. The molecule has 1 aromatic rings. The highest BCUT2D eigenvalue weighted by atomic mass is 35.5. The number of halogens is 1. The molecule has 0 heterocycles. The summed E-state index contributed by atoms with van der Waals surface area (Å²) in [5, 5.41) is 15.1. The van der Waals surface area contributed by atoms with Crippen molar-refractivity contribution in [1.82, 2.24) is 0 Å². The van der Waals surface area contributed by atoms with Gasteiger partial charge in [-0.3, -0.25) is 4.79 Å². The maximum Gasteiger partial charge on any atom is 0.300 e. The van der Waals surface area contributed by atoms with Gasteiger partial charge in [0.1, 0.15) is 0 Å². The highest BCUT2D eigenvalue weighted by Gasteiger charge is 1.88. The van der Waals surface area contributed by atoms with Gasteiger partial charge in [-0.1, -0.05) is 23.7 Å². The van der Waals surface area contributed by atoms with Crippen LogP contribution in [0.3, 0.4) is 0 Å². The van der Waals surface area contributed by atoms with Crippen molar-refractivity contribution in [2.24, 2.45) is 21.7 Å². The summed E-state index contributed by atoms with van der Waals surface area (Å²) in [5.41, 5.74) is 11.0. The summed E-state index contributed by atoms with van der Waals surface area (Å²) >= 11 is 5.74. The minimum absolute atomic E-state index is 0.0710. The van der Waals surface area contributed by atoms with Gasteiger partial charge in [0, 0.05) is 11.9 Å². The number of carboxylic acids is 1. The topological polar surface area (TPSA) is 114 Å². The Hall–Kier alpha value is -2.08. The van der Waals surface area contributed by atoms with Gasteiger partial charge in [0.25, 0.3) is 5.97 Å². The molecular formula is C10H13ClN4O2. The third-order valence-corrected chi connectivity index (χ3v) is 1.46. The van der Waals surface area contributed by atoms with E-state index in [0.29, 0.717) is 5.02 Å². The first kappa shape index (κ1) is 14.9. The molecule has 0 aliphatic heterocycles. The van der Waals surface area contributed by atoms with Gasteiger partial charge in [-0.25, -0.2) is 0 Å². The molecule has 0 spiro atoms. The average molecular weight is 257 g/mol. The van der Waals surface area contributed by atoms with Crippen molar-refractivity contribution in [1.29, 1.82) is 0 Å². The minimum atomic E-state index is -0.833. The fourth-order valence-electron chi connectivity index (χ4n) is 0.749. The predicted molar refractivity (Wildman–Crippen MR) is 68.2 cm³/mol. The Morgan fingerprint density at radius 2 is 2.06 bits per heavy atom. The molecule has 0 amide bonds. The number of benzene rings is 1. The van der Waals surface area contributed by atoms with Crippen LogP contribution < -0.4 is 11.5 Å². The molecule has 0 aliphatic rings. The first-order valence-corrected chi connectivity index (χ1v) is 4.86. The Morgan fingerprint density at radius 3 is 2.53 bits per heavy atom. The standard InChI is InChI=1S/C8H9ClN4.C2H4O2/c9-7-3-1-2-6(4-7)5-12-13-8(10)11;1-2(3)4/h1-5H,(H4,10,11,13);1H3,(H,3,4)/b12-5+;. The van der Waals surface area contributed by atoms with Crippen molar-refractivity contribution >= 4 is 29.7 Å². The van der Waals surface area contributed by atoms with Crippen molar-refractivity contribution in [3.8, 4) is 0 Å². The van der Waals surface area contributed by atoms with Gasteiger partial charge >= 0.3 is 0 Å². The third kappa shape index (κ3) is 10.2. The zero-order valence-corrected chi connectivity index (χ0v) is 9.93. The average Bonchev–Trinajstić information content (AvgIpc) is 2.16. The largest absolute Gasteiger partial charge is 0.481 e. The summed E-state index contributed by atoms with van der Waals surface area (Å²) in [7, 11) is 0. The zero-order valence-electron chi connectivity index (χ0n) is 9.17. The van der Waals surface area contributed by atoms with Crippen LogP contribution in [0.1, 0.15) is 12.5 Å². The van der Waals surface area contributed by atoms with E-state index in [4.69, 9.17) is 33.0 Å². The van der Waals surface area contributed by atoms with Gasteiger partial charge in [0.05, 0.1) is 6.21 Å². The first-order valence-electron chi connectivity index (χ1n) is 4.49. The summed E-state index contributed by atoms with van der Waals surface area (Å²) in [6.45, 7) is 1.08. The lowest BCUT2D eigenvalue weighted by Crippen LogP contribution is -2.21. The monoisotopic (exact) mass is 256 g/mol. The molecule has 0 aromatic heterocycles. The van der Waals surface area contributed by atoms with E-state index in [0.717, 1.165) is 12.5 Å². The van der Waals surface area contributed by atoms with Gasteiger partial charge in [-0.15, -0.1) is 5.10 Å². The van der Waals surface area contributed by atoms with Gasteiger partial charge in [0.15, 0.2) is 0 Å². The van der Waals surface area contributed by atoms with Crippen LogP contribution in [0, 0.1) is 0 Å². The number of hydrogen-bond donors (Lipinski definition) is 3. The summed E-state index contributed by atoms with van der Waals surface area (Å²) in [4.78, 5) is 9.00. The zero-order chi connectivity index (χ0) is 13.3. The van der Waals surface area contributed by atoms with Crippen LogP contribution in [0.5, 0.6) is 0 Å². The van der Waals surface area contributed by atoms with E-state index in [9.17, 15) is 0 Å². The number of guanidine groups is 1. The predicted octanol–water partition coefficient (Wildman–Crippen LogP) is 1.04. The lowest BCUT2D eigenvalue weighted by molar-refractivity contribution is -0.134. The van der Waals surface area contributed by atoms with Crippen LogP contribution >= 0.6 is 11.6 Å². The molecule has 0 radical (unpaired) electrons. The van der Waals surface area contributed by atoms with E-state index in [1.165, 1.54) is 6.21 Å². The third-order valence-electron chi connectivity index (χ3n) is 1.23. The van der Waals surface area contributed by atoms with Crippen LogP contribution in [-0.2, 0) is 4.79 Å². The van der Waals surface area contributed by atoms with Gasteiger partial charge in [-0.05, 0) is 17.7 Å². The molecule has 0 bridgehead atoms. The molecular weight excluding hydrogens is 244 g/mol. The first-order chi connectivity index (χ1) is 7.91. The Morgan fingerprint density at radius 1 is 1.47 bits per heavy atom. The van der Waals surface area contributed by atoms with Crippen molar-refractivity contribution in [3.63, 3.8) is 0 Å². The highest BCUT2D eigenvalue weighted by Crippen LogP contribution is 2.08. The second-order valence-electron chi connectivity index (χ2n) is 2.84. The van der Waals surface area contributed by atoms with Crippen LogP contribution in [0.4, 0.5) is 0 Å². The molecule has 92 valence electrons. The Kier molecular flexibility index (Phi) is 7.12. The maximum absolute atomic E-state index is 9.00. The molecule has 7 heteroatoms. The van der Waals surface area contributed by atoms with Gasteiger partial charge in [-0.2, -0.15) is 5.10 Å². The second kappa shape index (κ2) is 8.12. The second-order valence-corrected chi connectivity index (χ2v) is 3.28. The molecule has 0 atom stereocenters. The summed E-state index contributed by atoms with van der Waals surface area (Å²) in [6.07, 6.45) is 1.52. The van der Waals surface area contributed by atoms with E-state index in [1.54, 1.807) is 12.1 Å². The number of nitrogens with zero attached hydrogens (tertiary/aromatic N) is 2. The number of rotatable bonds is 2. The minimum Gasteiger partial charge on any atom is -0.481 e. The Bertz CT molecular complexity index is 424. The number of carboxylic acid groups (broad SMARTS) is 1. The van der Waals surface area contributed by atoms with Crippen molar-refractivity contribution in [2.75, 3.05) is 0 Å². The molecule has 0 fully saturated rings. The van der Waals surface area contributed by atoms with E-state index >= 15 is 0 Å². The van der Waals surface area contributed by atoms with Crippen molar-refractivity contribution in [3.05, 3.63) is 34.9 Å². The maximum atomic E-state index is 9.00. The normalized spacial score (nSPS) is 9.29. The van der Waals surface area contributed by atoms with E-state index in [-0.39, 0.29) is 5.96 Å². The number of nitrogens with two attached hydrogens (primary N) is 2. The molecule has 5 N–H and O–H groups in total. The van der Waals surface area contributed by atoms with E-state index in [2.05, 4.69) is 10.2 Å². The SMILES string of the molecule is CC(=O)O.NC(N)=N/N=C/c1cccc(Cl)c1. The van der Waals surface area contributed by atoms with Crippen LogP contribution in [0.25, 0.3) is 0 Å². The Labute approximate surface area is 104 Å². The lowest BCUT2D eigenvalue weighted by Gasteiger charge is -1.91. The molecule has 0 saturated carbocycles. The van der Waals surface area contributed by atoms with Crippen LogP contribution in [0.15, 0.2) is 34.5 Å². The van der Waals surface area contributed by atoms with E-state index in [1.807, 2.05) is 12.1 Å². The fraction of sp³-hybridized carbons (Fsp3) is 0.100. The van der Waals surface area contributed by atoms with Crippen LogP contribution in [0.2, 0.25) is 5.02 Å². The molecule has 6 nitrogen and oxygen atoms in total. The smallest absolute Gasteiger partial charge is 0.300 e. The number of aliphatic carboxylic acids is 1. The summed E-state index contributed by atoms with van der Waals surface area (Å²) < 4.78 is 0. The lowest BCUT2D eigenvalue weighted by atomic mass is 10.2. The molecule has 17 heavy (non-hydrogen) atoms. The van der Waals surface area contributed by atoms with Crippen LogP contribution in [-0.4, -0.2) is 23.2 Å². The van der Waals surface area contributed by atoms with Crippen molar-refractivity contribution in [2.45, 2.75) is 6.92 Å². The van der Waals surface area contributed by atoms with E-state index < -0.39 is 5.97 Å². The number of hydrogen-bond acceptors (Lipinski definition) is 3. The molecule has 0 saturated heterocycles.